The van der Waals surface area contributed by atoms with Crippen molar-refractivity contribution in [1.29, 1.82) is 0 Å². The minimum atomic E-state index is -1.10. The molecule has 0 saturated heterocycles. The molecule has 0 aliphatic heterocycles. The first-order chi connectivity index (χ1) is 9.02. The lowest BCUT2D eigenvalue weighted by atomic mass is 10.1. The van der Waals surface area contributed by atoms with Crippen molar-refractivity contribution in [3.05, 3.63) is 41.0 Å². The molecular formula is C14H17N3O2. The van der Waals surface area contributed by atoms with Crippen LogP contribution in [0.3, 0.4) is 0 Å². The zero-order chi connectivity index (χ0) is 14.0. The van der Waals surface area contributed by atoms with Gasteiger partial charge in [-0.2, -0.15) is 0 Å². The SMILES string of the molecule is CCCc1nc(C(=O)O)nn1-c1ccc(C)cc1C. The predicted octanol–water partition coefficient (Wildman–Crippen LogP) is 2.53. The van der Waals surface area contributed by atoms with E-state index in [-0.39, 0.29) is 5.82 Å². The molecule has 0 aliphatic rings. The van der Waals surface area contributed by atoms with E-state index in [0.29, 0.717) is 12.2 Å². The highest BCUT2D eigenvalue weighted by Gasteiger charge is 2.16. The fourth-order valence-corrected chi connectivity index (χ4v) is 2.06. The Kier molecular flexibility index (Phi) is 3.64. The average Bonchev–Trinajstić information content (AvgIpc) is 2.74. The summed E-state index contributed by atoms with van der Waals surface area (Å²) in [5.41, 5.74) is 3.10. The van der Waals surface area contributed by atoms with Gasteiger partial charge in [0.1, 0.15) is 5.82 Å². The lowest BCUT2D eigenvalue weighted by Gasteiger charge is -2.09. The molecular weight excluding hydrogens is 242 g/mol. The van der Waals surface area contributed by atoms with E-state index in [1.165, 1.54) is 0 Å². The van der Waals surface area contributed by atoms with Gasteiger partial charge >= 0.3 is 5.97 Å². The van der Waals surface area contributed by atoms with Crippen LogP contribution in [0.4, 0.5) is 0 Å². The second-order valence-corrected chi connectivity index (χ2v) is 4.61. The summed E-state index contributed by atoms with van der Waals surface area (Å²) in [6.45, 7) is 6.04. The standard InChI is InChI=1S/C14H17N3O2/c1-4-5-12-15-13(14(18)19)16-17(12)11-7-6-9(2)8-10(11)3/h6-8H,4-5H2,1-3H3,(H,18,19). The van der Waals surface area contributed by atoms with Crippen LogP contribution in [0.2, 0.25) is 0 Å². The van der Waals surface area contributed by atoms with Gasteiger partial charge in [-0.25, -0.2) is 14.5 Å². The predicted molar refractivity (Wildman–Crippen MR) is 71.8 cm³/mol. The average molecular weight is 259 g/mol. The van der Waals surface area contributed by atoms with Crippen LogP contribution < -0.4 is 0 Å². The van der Waals surface area contributed by atoms with E-state index in [1.54, 1.807) is 4.68 Å². The largest absolute Gasteiger partial charge is 0.475 e. The van der Waals surface area contributed by atoms with Crippen LogP contribution in [0.25, 0.3) is 5.69 Å². The van der Waals surface area contributed by atoms with Gasteiger partial charge in [-0.05, 0) is 31.9 Å². The van der Waals surface area contributed by atoms with Gasteiger partial charge in [0.2, 0.25) is 0 Å². The van der Waals surface area contributed by atoms with Gasteiger partial charge in [-0.3, -0.25) is 0 Å². The number of rotatable bonds is 4. The smallest absolute Gasteiger partial charge is 0.375 e. The van der Waals surface area contributed by atoms with Crippen molar-refractivity contribution in [2.45, 2.75) is 33.6 Å². The fourth-order valence-electron chi connectivity index (χ4n) is 2.06. The molecule has 100 valence electrons. The minimum absolute atomic E-state index is 0.150. The van der Waals surface area contributed by atoms with Crippen LogP contribution in [-0.4, -0.2) is 25.8 Å². The summed E-state index contributed by atoms with van der Waals surface area (Å²) in [6, 6.07) is 5.98. The Bertz CT molecular complexity index is 617. The Hall–Kier alpha value is -2.17. The van der Waals surface area contributed by atoms with Crippen LogP contribution in [0.1, 0.15) is 40.9 Å². The number of aromatic carboxylic acids is 1. The maximum Gasteiger partial charge on any atom is 0.375 e. The lowest BCUT2D eigenvalue weighted by molar-refractivity contribution is 0.0683. The molecule has 1 aromatic carbocycles. The second kappa shape index (κ2) is 5.22. The van der Waals surface area contributed by atoms with Crippen LogP contribution in [-0.2, 0) is 6.42 Å². The number of aryl methyl sites for hydroxylation is 3. The summed E-state index contributed by atoms with van der Waals surface area (Å²) in [5, 5.41) is 13.1. The minimum Gasteiger partial charge on any atom is -0.475 e. The Balaban J connectivity index is 2.56. The molecule has 2 rings (SSSR count). The molecule has 1 N–H and O–H groups in total. The first kappa shape index (κ1) is 13.3. The van der Waals surface area contributed by atoms with Gasteiger partial charge in [0.15, 0.2) is 0 Å². The summed E-state index contributed by atoms with van der Waals surface area (Å²) in [5.74, 6) is -0.559. The number of carboxylic acid groups (broad SMARTS) is 1. The van der Waals surface area contributed by atoms with E-state index in [0.717, 1.165) is 23.2 Å². The van der Waals surface area contributed by atoms with Crippen LogP contribution in [0.5, 0.6) is 0 Å². The highest BCUT2D eigenvalue weighted by molar-refractivity contribution is 5.83. The topological polar surface area (TPSA) is 68.0 Å². The molecule has 0 radical (unpaired) electrons. The van der Waals surface area contributed by atoms with Crippen molar-refractivity contribution in [2.75, 3.05) is 0 Å². The van der Waals surface area contributed by atoms with Crippen molar-refractivity contribution >= 4 is 5.97 Å². The van der Waals surface area contributed by atoms with Gasteiger partial charge in [0.05, 0.1) is 5.69 Å². The second-order valence-electron chi connectivity index (χ2n) is 4.61. The quantitative estimate of drug-likeness (QED) is 0.916. The van der Waals surface area contributed by atoms with E-state index in [2.05, 4.69) is 10.1 Å². The third-order valence-electron chi connectivity index (χ3n) is 2.92. The maximum absolute atomic E-state index is 11.0. The molecule has 0 unspecified atom stereocenters. The molecule has 0 saturated carbocycles. The number of nitrogens with zero attached hydrogens (tertiary/aromatic N) is 3. The molecule has 0 aliphatic carbocycles. The molecule has 1 heterocycles. The first-order valence-corrected chi connectivity index (χ1v) is 6.29. The van der Waals surface area contributed by atoms with Gasteiger partial charge in [-0.1, -0.05) is 24.6 Å². The molecule has 19 heavy (non-hydrogen) atoms. The molecule has 0 amide bonds. The molecule has 0 spiro atoms. The number of hydrogen-bond donors (Lipinski definition) is 1. The number of carboxylic acids is 1. The third kappa shape index (κ3) is 2.65. The van der Waals surface area contributed by atoms with E-state index in [1.807, 2.05) is 39.0 Å². The van der Waals surface area contributed by atoms with Gasteiger partial charge in [0, 0.05) is 6.42 Å². The highest BCUT2D eigenvalue weighted by atomic mass is 16.4. The van der Waals surface area contributed by atoms with E-state index < -0.39 is 5.97 Å². The summed E-state index contributed by atoms with van der Waals surface area (Å²) < 4.78 is 1.64. The Labute approximate surface area is 111 Å². The van der Waals surface area contributed by atoms with Crippen LogP contribution in [0, 0.1) is 13.8 Å². The van der Waals surface area contributed by atoms with Gasteiger partial charge < -0.3 is 5.11 Å². The number of benzene rings is 1. The lowest BCUT2D eigenvalue weighted by Crippen LogP contribution is -2.05. The first-order valence-electron chi connectivity index (χ1n) is 6.29. The van der Waals surface area contributed by atoms with Gasteiger partial charge in [0.25, 0.3) is 5.82 Å². The van der Waals surface area contributed by atoms with Crippen molar-refractivity contribution in [3.63, 3.8) is 0 Å². The Morgan fingerprint density at radius 2 is 2.11 bits per heavy atom. The van der Waals surface area contributed by atoms with E-state index in [4.69, 9.17) is 5.11 Å². The molecule has 0 atom stereocenters. The highest BCUT2D eigenvalue weighted by Crippen LogP contribution is 2.17. The number of carbonyl (C=O) groups is 1. The summed E-state index contributed by atoms with van der Waals surface area (Å²) >= 11 is 0. The zero-order valence-corrected chi connectivity index (χ0v) is 11.3. The summed E-state index contributed by atoms with van der Waals surface area (Å²) in [7, 11) is 0. The molecule has 5 nitrogen and oxygen atoms in total. The zero-order valence-electron chi connectivity index (χ0n) is 11.3. The van der Waals surface area contributed by atoms with Crippen LogP contribution in [0.15, 0.2) is 18.2 Å². The summed E-state index contributed by atoms with van der Waals surface area (Å²) in [6.07, 6.45) is 1.59. The van der Waals surface area contributed by atoms with Crippen molar-refractivity contribution in [3.8, 4) is 5.69 Å². The Morgan fingerprint density at radius 1 is 1.37 bits per heavy atom. The number of aromatic nitrogens is 3. The Morgan fingerprint density at radius 3 is 2.68 bits per heavy atom. The number of hydrogen-bond acceptors (Lipinski definition) is 3. The van der Waals surface area contributed by atoms with E-state index >= 15 is 0 Å². The maximum atomic E-state index is 11.0. The fraction of sp³-hybridized carbons (Fsp3) is 0.357. The molecule has 0 bridgehead atoms. The molecule has 2 aromatic rings. The van der Waals surface area contributed by atoms with Crippen molar-refractivity contribution < 1.29 is 9.90 Å². The molecule has 1 aromatic heterocycles. The van der Waals surface area contributed by atoms with Gasteiger partial charge in [-0.15, -0.1) is 5.10 Å². The normalized spacial score (nSPS) is 10.7. The summed E-state index contributed by atoms with van der Waals surface area (Å²) in [4.78, 5) is 15.1. The third-order valence-corrected chi connectivity index (χ3v) is 2.92. The van der Waals surface area contributed by atoms with Crippen LogP contribution >= 0.6 is 0 Å². The van der Waals surface area contributed by atoms with E-state index in [9.17, 15) is 4.79 Å². The van der Waals surface area contributed by atoms with Crippen molar-refractivity contribution in [1.82, 2.24) is 14.8 Å². The van der Waals surface area contributed by atoms with Crippen molar-refractivity contribution in [2.24, 2.45) is 0 Å². The molecule has 5 heteroatoms. The monoisotopic (exact) mass is 259 g/mol. The molecule has 0 fully saturated rings.